The topological polar surface area (TPSA) is 46.3 Å². The largest absolute Gasteiger partial charge is 0.396 e. The molecular weight excluding hydrogens is 303 g/mol. The zero-order valence-corrected chi connectivity index (χ0v) is 13.5. The summed E-state index contributed by atoms with van der Waals surface area (Å²) in [5.74, 6) is -0.101. The van der Waals surface area contributed by atoms with Crippen LogP contribution in [0.1, 0.15) is 46.7 Å². The van der Waals surface area contributed by atoms with Gasteiger partial charge in [-0.1, -0.05) is 24.3 Å². The summed E-state index contributed by atoms with van der Waals surface area (Å²) in [7, 11) is 0. The summed E-state index contributed by atoms with van der Waals surface area (Å²) in [4.78, 5) is 15.0. The zero-order valence-electron chi connectivity index (χ0n) is 13.5. The summed E-state index contributed by atoms with van der Waals surface area (Å²) in [5, 5.41) is 0. The van der Waals surface area contributed by atoms with E-state index in [9.17, 15) is 9.18 Å². The normalized spacial score (nSPS) is 22.6. The smallest absolute Gasteiger partial charge is 0.254 e. The van der Waals surface area contributed by atoms with Crippen LogP contribution in [0.25, 0.3) is 0 Å². The van der Waals surface area contributed by atoms with Crippen LogP contribution in [-0.2, 0) is 6.42 Å². The van der Waals surface area contributed by atoms with Crippen molar-refractivity contribution in [2.75, 3.05) is 12.3 Å². The van der Waals surface area contributed by atoms with Gasteiger partial charge in [0.2, 0.25) is 0 Å². The first-order valence-corrected chi connectivity index (χ1v) is 8.59. The van der Waals surface area contributed by atoms with Gasteiger partial charge in [0.1, 0.15) is 5.82 Å². The number of nitrogen functional groups attached to an aromatic ring is 1. The molecule has 24 heavy (non-hydrogen) atoms. The van der Waals surface area contributed by atoms with Crippen molar-refractivity contribution in [1.82, 2.24) is 4.90 Å². The number of hydrogen-bond donors (Lipinski definition) is 1. The van der Waals surface area contributed by atoms with Crippen molar-refractivity contribution >= 4 is 11.6 Å². The summed E-state index contributed by atoms with van der Waals surface area (Å²) < 4.78 is 13.4. The number of carbonyl (C=O) groups excluding carboxylic acids is 1. The van der Waals surface area contributed by atoms with Gasteiger partial charge < -0.3 is 10.6 Å². The highest BCUT2D eigenvalue weighted by atomic mass is 19.1. The average molecular weight is 324 g/mol. The molecule has 2 atom stereocenters. The minimum absolute atomic E-state index is 0.0309. The lowest BCUT2D eigenvalue weighted by Gasteiger charge is -2.45. The Balaban J connectivity index is 1.64. The molecule has 1 aliphatic heterocycles. The Kier molecular flexibility index (Phi) is 3.75. The van der Waals surface area contributed by atoms with E-state index in [-0.39, 0.29) is 17.6 Å². The van der Waals surface area contributed by atoms with Crippen molar-refractivity contribution < 1.29 is 9.18 Å². The summed E-state index contributed by atoms with van der Waals surface area (Å²) in [6, 6.07) is 13.1. The number of carbonyl (C=O) groups is 1. The van der Waals surface area contributed by atoms with Gasteiger partial charge in [-0.05, 0) is 55.0 Å². The van der Waals surface area contributed by atoms with E-state index in [1.807, 2.05) is 4.90 Å². The van der Waals surface area contributed by atoms with Crippen molar-refractivity contribution in [3.05, 3.63) is 65.0 Å². The first-order chi connectivity index (χ1) is 11.6. The molecule has 0 saturated carbocycles. The third kappa shape index (κ3) is 2.46. The molecular formula is C20H21FN2O. The molecule has 2 aromatic carbocycles. The molecule has 0 unspecified atom stereocenters. The number of benzene rings is 2. The molecule has 1 aliphatic carbocycles. The molecule has 0 aromatic heterocycles. The van der Waals surface area contributed by atoms with Gasteiger partial charge in [-0.25, -0.2) is 4.39 Å². The standard InChI is InChI=1S/C20H21FN2O/c21-17-9-7-14(12-18(17)22)20(24)23-11-3-6-16-15-5-2-1-4-13(15)8-10-19(16)23/h1-2,4-5,7,9,12,16,19H,3,6,8,10-11,22H2/t16-,19+/m1/s1. The van der Waals surface area contributed by atoms with Crippen LogP contribution >= 0.6 is 0 Å². The molecule has 2 N–H and O–H groups in total. The number of hydrogen-bond acceptors (Lipinski definition) is 2. The SMILES string of the molecule is Nc1cc(C(=O)N2CCC[C@@H]3c4ccccc4CC[C@@H]32)ccc1F. The Morgan fingerprint density at radius 1 is 1.17 bits per heavy atom. The van der Waals surface area contributed by atoms with Crippen LogP contribution in [0.2, 0.25) is 0 Å². The van der Waals surface area contributed by atoms with Crippen molar-refractivity contribution in [1.29, 1.82) is 0 Å². The second-order valence-electron chi connectivity index (χ2n) is 6.79. The van der Waals surface area contributed by atoms with Crippen LogP contribution in [0, 0.1) is 5.82 Å². The fraction of sp³-hybridized carbons (Fsp3) is 0.350. The maximum atomic E-state index is 13.4. The van der Waals surface area contributed by atoms with Crippen LogP contribution in [0.5, 0.6) is 0 Å². The van der Waals surface area contributed by atoms with Gasteiger partial charge in [0.05, 0.1) is 5.69 Å². The van der Waals surface area contributed by atoms with E-state index in [0.717, 1.165) is 32.2 Å². The molecule has 1 saturated heterocycles. The van der Waals surface area contributed by atoms with Gasteiger partial charge in [-0.3, -0.25) is 4.79 Å². The maximum Gasteiger partial charge on any atom is 0.254 e. The third-order valence-corrected chi connectivity index (χ3v) is 5.45. The molecule has 3 nitrogen and oxygen atoms in total. The molecule has 0 bridgehead atoms. The number of nitrogens with zero attached hydrogens (tertiary/aromatic N) is 1. The van der Waals surface area contributed by atoms with Gasteiger partial charge in [0, 0.05) is 24.1 Å². The summed E-state index contributed by atoms with van der Waals surface area (Å²) in [6.45, 7) is 0.763. The molecule has 4 rings (SSSR count). The Labute approximate surface area is 141 Å². The van der Waals surface area contributed by atoms with Gasteiger partial charge in [0.15, 0.2) is 0 Å². The predicted molar refractivity (Wildman–Crippen MR) is 92.4 cm³/mol. The van der Waals surface area contributed by atoms with Gasteiger partial charge in [0.25, 0.3) is 5.91 Å². The van der Waals surface area contributed by atoms with Crippen molar-refractivity contribution in [2.24, 2.45) is 0 Å². The number of fused-ring (bicyclic) bond motifs is 3. The second-order valence-corrected chi connectivity index (χ2v) is 6.79. The molecule has 2 aromatic rings. The highest BCUT2D eigenvalue weighted by Crippen LogP contribution is 2.41. The first kappa shape index (κ1) is 15.2. The molecule has 2 aliphatic rings. The monoisotopic (exact) mass is 324 g/mol. The number of halogens is 1. The van der Waals surface area contributed by atoms with Crippen LogP contribution in [0.15, 0.2) is 42.5 Å². The van der Waals surface area contributed by atoms with E-state index in [4.69, 9.17) is 5.73 Å². The zero-order chi connectivity index (χ0) is 16.7. The summed E-state index contributed by atoms with van der Waals surface area (Å²) in [6.07, 6.45) is 4.12. The number of amides is 1. The highest BCUT2D eigenvalue weighted by Gasteiger charge is 2.38. The molecule has 0 radical (unpaired) electrons. The third-order valence-electron chi connectivity index (χ3n) is 5.45. The van der Waals surface area contributed by atoms with Crippen molar-refractivity contribution in [3.8, 4) is 0 Å². The van der Waals surface area contributed by atoms with Gasteiger partial charge in [-0.2, -0.15) is 0 Å². The lowest BCUT2D eigenvalue weighted by atomic mass is 9.74. The van der Waals surface area contributed by atoms with E-state index in [1.54, 1.807) is 0 Å². The number of anilines is 1. The van der Waals surface area contributed by atoms with Crippen LogP contribution in [0.3, 0.4) is 0 Å². The van der Waals surface area contributed by atoms with E-state index < -0.39 is 5.82 Å². The van der Waals surface area contributed by atoms with E-state index in [2.05, 4.69) is 24.3 Å². The number of likely N-dealkylation sites (tertiary alicyclic amines) is 1. The van der Waals surface area contributed by atoms with Crippen LogP contribution in [-0.4, -0.2) is 23.4 Å². The fourth-order valence-corrected chi connectivity index (χ4v) is 4.30. The number of nitrogens with two attached hydrogens (primary N) is 1. The lowest BCUT2D eigenvalue weighted by molar-refractivity contribution is 0.0547. The number of rotatable bonds is 1. The molecule has 124 valence electrons. The Morgan fingerprint density at radius 2 is 2.00 bits per heavy atom. The Bertz CT molecular complexity index is 789. The first-order valence-electron chi connectivity index (χ1n) is 8.59. The molecule has 1 fully saturated rings. The van der Waals surface area contributed by atoms with Gasteiger partial charge in [-0.15, -0.1) is 0 Å². The van der Waals surface area contributed by atoms with Crippen molar-refractivity contribution in [2.45, 2.75) is 37.6 Å². The molecule has 1 amide bonds. The van der Waals surface area contributed by atoms with Gasteiger partial charge >= 0.3 is 0 Å². The minimum Gasteiger partial charge on any atom is -0.396 e. The Hall–Kier alpha value is -2.36. The summed E-state index contributed by atoms with van der Waals surface area (Å²) >= 11 is 0. The second kappa shape index (κ2) is 5.93. The molecule has 1 heterocycles. The van der Waals surface area contributed by atoms with Crippen LogP contribution < -0.4 is 5.73 Å². The fourth-order valence-electron chi connectivity index (χ4n) is 4.30. The highest BCUT2D eigenvalue weighted by molar-refractivity contribution is 5.95. The van der Waals surface area contributed by atoms with E-state index in [0.29, 0.717) is 11.5 Å². The van der Waals surface area contributed by atoms with Crippen molar-refractivity contribution in [3.63, 3.8) is 0 Å². The van der Waals surface area contributed by atoms with E-state index >= 15 is 0 Å². The maximum absolute atomic E-state index is 13.4. The Morgan fingerprint density at radius 3 is 2.83 bits per heavy atom. The molecule has 4 heteroatoms. The predicted octanol–water partition coefficient (Wildman–Crippen LogP) is 3.74. The minimum atomic E-state index is -0.477. The van der Waals surface area contributed by atoms with Crippen LogP contribution in [0.4, 0.5) is 10.1 Å². The number of piperidine rings is 1. The van der Waals surface area contributed by atoms with E-state index in [1.165, 1.54) is 29.3 Å². The average Bonchev–Trinajstić information content (AvgIpc) is 2.62. The summed E-state index contributed by atoms with van der Waals surface area (Å²) in [5.41, 5.74) is 8.96. The molecule has 0 spiro atoms. The lowest BCUT2D eigenvalue weighted by Crippen LogP contribution is -2.49. The number of aryl methyl sites for hydroxylation is 1. The quantitative estimate of drug-likeness (QED) is 0.812.